The molecule has 0 radical (unpaired) electrons. The molecule has 0 unspecified atom stereocenters. The van der Waals surface area contributed by atoms with Gasteiger partial charge in [-0.3, -0.25) is 0 Å². The van der Waals surface area contributed by atoms with E-state index in [0.29, 0.717) is 12.1 Å². The fourth-order valence-corrected chi connectivity index (χ4v) is 3.30. The molecular weight excluding hydrogens is 258 g/mol. The van der Waals surface area contributed by atoms with Gasteiger partial charge in [-0.1, -0.05) is 48.5 Å². The summed E-state index contributed by atoms with van der Waals surface area (Å²) in [6.45, 7) is 0. The van der Waals surface area contributed by atoms with E-state index in [1.807, 2.05) is 48.5 Å². The molecule has 0 saturated heterocycles. The SMILES string of the molecule is Nc1ccccc1CCS(=O)(=O)Cc1ccccc1. The van der Waals surface area contributed by atoms with Crippen molar-refractivity contribution in [3.05, 3.63) is 65.7 Å². The number of rotatable bonds is 5. The predicted molar refractivity (Wildman–Crippen MR) is 78.5 cm³/mol. The summed E-state index contributed by atoms with van der Waals surface area (Å²) in [5, 5.41) is 0. The van der Waals surface area contributed by atoms with Crippen LogP contribution in [0.25, 0.3) is 0 Å². The number of aryl methyl sites for hydroxylation is 1. The minimum atomic E-state index is -3.11. The van der Waals surface area contributed by atoms with Gasteiger partial charge in [0.15, 0.2) is 9.84 Å². The molecule has 100 valence electrons. The minimum Gasteiger partial charge on any atom is -0.399 e. The minimum absolute atomic E-state index is 0.0839. The van der Waals surface area contributed by atoms with E-state index in [-0.39, 0.29) is 11.5 Å². The molecule has 0 heterocycles. The Balaban J connectivity index is 2.01. The van der Waals surface area contributed by atoms with Gasteiger partial charge >= 0.3 is 0 Å². The zero-order valence-corrected chi connectivity index (χ0v) is 11.4. The van der Waals surface area contributed by atoms with Crippen molar-refractivity contribution in [3.8, 4) is 0 Å². The molecule has 0 aliphatic carbocycles. The van der Waals surface area contributed by atoms with Gasteiger partial charge in [-0.15, -0.1) is 0 Å². The molecule has 4 heteroatoms. The summed E-state index contributed by atoms with van der Waals surface area (Å²) in [4.78, 5) is 0. The fourth-order valence-electron chi connectivity index (χ4n) is 1.93. The summed E-state index contributed by atoms with van der Waals surface area (Å²) in [5.41, 5.74) is 8.17. The van der Waals surface area contributed by atoms with Gasteiger partial charge in [0.25, 0.3) is 0 Å². The smallest absolute Gasteiger partial charge is 0.154 e. The first kappa shape index (κ1) is 13.6. The van der Waals surface area contributed by atoms with E-state index in [1.54, 1.807) is 6.07 Å². The van der Waals surface area contributed by atoms with Gasteiger partial charge in [0, 0.05) is 5.69 Å². The van der Waals surface area contributed by atoms with E-state index < -0.39 is 9.84 Å². The van der Waals surface area contributed by atoms with E-state index in [1.165, 1.54) is 0 Å². The molecule has 0 spiro atoms. The molecule has 2 N–H and O–H groups in total. The first-order valence-corrected chi connectivity index (χ1v) is 7.97. The lowest BCUT2D eigenvalue weighted by Crippen LogP contribution is -2.12. The molecule has 0 aromatic heterocycles. The highest BCUT2D eigenvalue weighted by atomic mass is 32.2. The number of nitrogen functional groups attached to an aromatic ring is 1. The maximum atomic E-state index is 12.0. The van der Waals surface area contributed by atoms with Gasteiger partial charge in [0.1, 0.15) is 0 Å². The molecule has 0 saturated carbocycles. The average Bonchev–Trinajstić information content (AvgIpc) is 2.38. The van der Waals surface area contributed by atoms with Crippen LogP contribution in [0.15, 0.2) is 54.6 Å². The van der Waals surface area contributed by atoms with Crippen LogP contribution in [0.3, 0.4) is 0 Å². The second kappa shape index (κ2) is 5.89. The Labute approximate surface area is 114 Å². The van der Waals surface area contributed by atoms with Crippen molar-refractivity contribution in [2.75, 3.05) is 11.5 Å². The summed E-state index contributed by atoms with van der Waals surface area (Å²) >= 11 is 0. The summed E-state index contributed by atoms with van der Waals surface area (Å²) in [6.07, 6.45) is 0.460. The van der Waals surface area contributed by atoms with E-state index in [9.17, 15) is 8.42 Å². The number of hydrogen-bond donors (Lipinski definition) is 1. The van der Waals surface area contributed by atoms with Crippen molar-refractivity contribution < 1.29 is 8.42 Å². The molecule has 3 nitrogen and oxygen atoms in total. The summed E-state index contributed by atoms with van der Waals surface area (Å²) in [5.74, 6) is 0.205. The molecule has 19 heavy (non-hydrogen) atoms. The van der Waals surface area contributed by atoms with Crippen LogP contribution in [0.1, 0.15) is 11.1 Å². The molecule has 2 aromatic rings. The molecule has 0 aliphatic heterocycles. The Kier molecular flexibility index (Phi) is 4.22. The number of benzene rings is 2. The van der Waals surface area contributed by atoms with Crippen molar-refractivity contribution in [3.63, 3.8) is 0 Å². The Bertz CT molecular complexity index is 636. The van der Waals surface area contributed by atoms with E-state index in [0.717, 1.165) is 11.1 Å². The Morgan fingerprint density at radius 3 is 2.21 bits per heavy atom. The van der Waals surface area contributed by atoms with Crippen molar-refractivity contribution in [2.24, 2.45) is 0 Å². The lowest BCUT2D eigenvalue weighted by Gasteiger charge is -2.07. The molecule has 2 rings (SSSR count). The normalized spacial score (nSPS) is 11.4. The van der Waals surface area contributed by atoms with Crippen LogP contribution in [-0.4, -0.2) is 14.2 Å². The van der Waals surface area contributed by atoms with Crippen LogP contribution in [0.2, 0.25) is 0 Å². The molecule has 0 fully saturated rings. The molecule has 0 bridgehead atoms. The maximum absolute atomic E-state index is 12.0. The quantitative estimate of drug-likeness (QED) is 0.852. The monoisotopic (exact) mass is 275 g/mol. The van der Waals surface area contributed by atoms with Gasteiger partial charge in [-0.2, -0.15) is 0 Å². The summed E-state index contributed by atoms with van der Waals surface area (Å²) in [7, 11) is -3.11. The lowest BCUT2D eigenvalue weighted by molar-refractivity contribution is 0.594. The molecule has 0 amide bonds. The van der Waals surface area contributed by atoms with Crippen LogP contribution in [0.5, 0.6) is 0 Å². The van der Waals surface area contributed by atoms with Gasteiger partial charge in [-0.25, -0.2) is 8.42 Å². The highest BCUT2D eigenvalue weighted by Crippen LogP contribution is 2.14. The maximum Gasteiger partial charge on any atom is 0.154 e. The standard InChI is InChI=1S/C15H17NO2S/c16-15-9-5-4-8-14(15)10-11-19(17,18)12-13-6-2-1-3-7-13/h1-9H,10-12,16H2. The van der Waals surface area contributed by atoms with E-state index in [2.05, 4.69) is 0 Å². The number of hydrogen-bond acceptors (Lipinski definition) is 3. The van der Waals surface area contributed by atoms with E-state index in [4.69, 9.17) is 5.73 Å². The second-order valence-electron chi connectivity index (χ2n) is 4.53. The van der Waals surface area contributed by atoms with Crippen LogP contribution >= 0.6 is 0 Å². The van der Waals surface area contributed by atoms with Gasteiger partial charge in [-0.05, 0) is 23.6 Å². The van der Waals surface area contributed by atoms with Crippen molar-refractivity contribution in [1.29, 1.82) is 0 Å². The van der Waals surface area contributed by atoms with Crippen molar-refractivity contribution >= 4 is 15.5 Å². The van der Waals surface area contributed by atoms with Crippen molar-refractivity contribution in [2.45, 2.75) is 12.2 Å². The Morgan fingerprint density at radius 1 is 0.895 bits per heavy atom. The largest absolute Gasteiger partial charge is 0.399 e. The van der Waals surface area contributed by atoms with Crippen LogP contribution < -0.4 is 5.73 Å². The molecular formula is C15H17NO2S. The number of para-hydroxylation sites is 1. The summed E-state index contributed by atoms with van der Waals surface area (Å²) < 4.78 is 24.1. The highest BCUT2D eigenvalue weighted by Gasteiger charge is 2.12. The topological polar surface area (TPSA) is 60.2 Å². The van der Waals surface area contributed by atoms with Crippen LogP contribution in [-0.2, 0) is 22.0 Å². The lowest BCUT2D eigenvalue weighted by atomic mass is 10.1. The number of sulfone groups is 1. The molecule has 2 aromatic carbocycles. The third-order valence-electron chi connectivity index (χ3n) is 2.97. The molecule has 0 aliphatic rings. The second-order valence-corrected chi connectivity index (χ2v) is 6.71. The highest BCUT2D eigenvalue weighted by molar-refractivity contribution is 7.90. The van der Waals surface area contributed by atoms with Gasteiger partial charge in [0.2, 0.25) is 0 Å². The number of nitrogens with two attached hydrogens (primary N) is 1. The van der Waals surface area contributed by atoms with Gasteiger partial charge in [0.05, 0.1) is 11.5 Å². The zero-order valence-electron chi connectivity index (χ0n) is 10.6. The Morgan fingerprint density at radius 2 is 1.53 bits per heavy atom. The molecule has 0 atom stereocenters. The van der Waals surface area contributed by atoms with Gasteiger partial charge < -0.3 is 5.73 Å². The van der Waals surface area contributed by atoms with E-state index >= 15 is 0 Å². The fraction of sp³-hybridized carbons (Fsp3) is 0.200. The van der Waals surface area contributed by atoms with Crippen LogP contribution in [0, 0.1) is 0 Å². The van der Waals surface area contributed by atoms with Crippen molar-refractivity contribution in [1.82, 2.24) is 0 Å². The summed E-state index contributed by atoms with van der Waals surface area (Å²) in [6, 6.07) is 16.6. The predicted octanol–water partition coefficient (Wildman–Crippen LogP) is 2.43. The number of anilines is 1. The van der Waals surface area contributed by atoms with Crippen LogP contribution in [0.4, 0.5) is 5.69 Å². The third kappa shape index (κ3) is 4.10. The first-order valence-electron chi connectivity index (χ1n) is 6.14. The zero-order chi connectivity index (χ0) is 13.7. The average molecular weight is 275 g/mol. The third-order valence-corrected chi connectivity index (χ3v) is 4.57. The Hall–Kier alpha value is -1.81. The first-order chi connectivity index (χ1) is 9.07.